The highest BCUT2D eigenvalue weighted by Gasteiger charge is 2.45. The molecule has 0 unspecified atom stereocenters. The molecule has 0 atom stereocenters. The molecule has 0 saturated heterocycles. The van der Waals surface area contributed by atoms with Crippen molar-refractivity contribution >= 4 is 26.6 Å². The van der Waals surface area contributed by atoms with Crippen molar-refractivity contribution in [1.29, 1.82) is 0 Å². The van der Waals surface area contributed by atoms with E-state index in [-0.39, 0.29) is 0 Å². The summed E-state index contributed by atoms with van der Waals surface area (Å²) in [5, 5.41) is 0. The summed E-state index contributed by atoms with van der Waals surface area (Å²) in [5.41, 5.74) is 0. The van der Waals surface area contributed by atoms with Crippen LogP contribution in [0.2, 0.25) is 36.3 Å². The number of hydrogen-bond acceptors (Lipinski definition) is 2. The van der Waals surface area contributed by atoms with Gasteiger partial charge in [-0.1, -0.05) is 196 Å². The van der Waals surface area contributed by atoms with Crippen LogP contribution in [-0.2, 0) is 8.23 Å². The van der Waals surface area contributed by atoms with Crippen LogP contribution in [0.4, 0.5) is 0 Å². The minimum atomic E-state index is -2.18. The topological polar surface area (TPSA) is 18.5 Å². The van der Waals surface area contributed by atoms with E-state index in [2.05, 4.69) is 41.5 Å². The fourth-order valence-corrected chi connectivity index (χ4v) is 21.6. The van der Waals surface area contributed by atoms with Gasteiger partial charge in [0.1, 0.15) is 9.76 Å². The maximum atomic E-state index is 8.04. The van der Waals surface area contributed by atoms with Crippen LogP contribution in [0, 0.1) is 0 Å². The van der Waals surface area contributed by atoms with E-state index in [0.29, 0.717) is 0 Å². The molecule has 0 rings (SSSR count). The molecule has 0 aromatic rings. The first-order chi connectivity index (χ1) is 20.1. The van der Waals surface area contributed by atoms with Crippen molar-refractivity contribution in [3.8, 4) is 0 Å². The van der Waals surface area contributed by atoms with E-state index in [4.69, 9.17) is 8.23 Å². The zero-order valence-electron chi connectivity index (χ0n) is 29.7. The standard InChI is InChI=1S/C36H80O2Si3/c1-7-13-19-25-31-39-37-41(35-29-23-17-11-5,36-30-24-18-12-6)38-40(32-26-20-14-8-2,33-27-21-15-9-3)34-28-22-16-10-4/h7-36,39H2,1-6H3. The fourth-order valence-electron chi connectivity index (χ4n) is 6.55. The lowest BCUT2D eigenvalue weighted by Crippen LogP contribution is -2.54. The first kappa shape index (κ1) is 41.6. The lowest BCUT2D eigenvalue weighted by Gasteiger charge is -2.43. The van der Waals surface area contributed by atoms with Gasteiger partial charge in [-0.05, 0) is 36.3 Å². The molecule has 41 heavy (non-hydrogen) atoms. The van der Waals surface area contributed by atoms with E-state index >= 15 is 0 Å². The molecule has 0 N–H and O–H groups in total. The Morgan fingerprint density at radius 2 is 0.683 bits per heavy atom. The van der Waals surface area contributed by atoms with Crippen molar-refractivity contribution in [3.63, 3.8) is 0 Å². The van der Waals surface area contributed by atoms with Crippen LogP contribution >= 0.6 is 0 Å². The summed E-state index contributed by atoms with van der Waals surface area (Å²) in [6, 6.07) is 8.24. The van der Waals surface area contributed by atoms with Crippen LogP contribution in [0.3, 0.4) is 0 Å². The average molecular weight is 629 g/mol. The third kappa shape index (κ3) is 23.6. The predicted molar refractivity (Wildman–Crippen MR) is 196 cm³/mol. The molecule has 0 fully saturated rings. The molecule has 5 heteroatoms. The Labute approximate surface area is 266 Å². The molecule has 0 saturated carbocycles. The molecule has 248 valence electrons. The molecule has 0 spiro atoms. The molecule has 0 amide bonds. The summed E-state index contributed by atoms with van der Waals surface area (Å²) in [5.74, 6) is 0. The monoisotopic (exact) mass is 629 g/mol. The van der Waals surface area contributed by atoms with Crippen LogP contribution < -0.4 is 0 Å². The molecule has 0 aliphatic rings. The molecule has 0 aromatic carbocycles. The average Bonchev–Trinajstić information content (AvgIpc) is 2.98. The molecule has 0 aromatic heterocycles. The van der Waals surface area contributed by atoms with Gasteiger partial charge in [-0.3, -0.25) is 0 Å². The van der Waals surface area contributed by atoms with E-state index in [1.54, 1.807) is 0 Å². The maximum absolute atomic E-state index is 8.04. The maximum Gasteiger partial charge on any atom is 0.317 e. The van der Waals surface area contributed by atoms with Crippen molar-refractivity contribution in [3.05, 3.63) is 0 Å². The van der Waals surface area contributed by atoms with Crippen molar-refractivity contribution in [1.82, 2.24) is 0 Å². The largest absolute Gasteiger partial charge is 0.442 e. The minimum Gasteiger partial charge on any atom is -0.442 e. The van der Waals surface area contributed by atoms with Crippen LogP contribution in [0.5, 0.6) is 0 Å². The van der Waals surface area contributed by atoms with Crippen LogP contribution in [-0.4, -0.2) is 26.6 Å². The second-order valence-corrected chi connectivity index (χ2v) is 23.3. The van der Waals surface area contributed by atoms with Crippen LogP contribution in [0.15, 0.2) is 0 Å². The lowest BCUT2D eigenvalue weighted by atomic mass is 10.2. The summed E-state index contributed by atoms with van der Waals surface area (Å²) in [4.78, 5) is 0. The Bertz CT molecular complexity index is 474. The Balaban J connectivity index is 6.10. The molecule has 0 heterocycles. The van der Waals surface area contributed by atoms with E-state index in [1.165, 1.54) is 190 Å². The van der Waals surface area contributed by atoms with Gasteiger partial charge in [0, 0.05) is 0 Å². The second kappa shape index (κ2) is 30.6. The molecule has 0 aliphatic carbocycles. The zero-order chi connectivity index (χ0) is 30.3. The van der Waals surface area contributed by atoms with E-state index in [9.17, 15) is 0 Å². The van der Waals surface area contributed by atoms with Gasteiger partial charge in [0.25, 0.3) is 0 Å². The van der Waals surface area contributed by atoms with Crippen molar-refractivity contribution in [2.75, 3.05) is 0 Å². The van der Waals surface area contributed by atoms with Crippen molar-refractivity contribution < 1.29 is 8.23 Å². The third-order valence-corrected chi connectivity index (χ3v) is 22.3. The Kier molecular flexibility index (Phi) is 31.0. The smallest absolute Gasteiger partial charge is 0.317 e. The summed E-state index contributed by atoms with van der Waals surface area (Å²) in [6.07, 6.45) is 33.0. The second-order valence-electron chi connectivity index (χ2n) is 13.5. The molecule has 0 bridgehead atoms. The van der Waals surface area contributed by atoms with Gasteiger partial charge in [0.15, 0.2) is 8.32 Å². The number of hydrogen-bond donors (Lipinski definition) is 0. The Morgan fingerprint density at radius 3 is 1.02 bits per heavy atom. The van der Waals surface area contributed by atoms with E-state index in [0.717, 1.165) is 0 Å². The van der Waals surface area contributed by atoms with Gasteiger partial charge in [-0.25, -0.2) is 0 Å². The van der Waals surface area contributed by atoms with Crippen molar-refractivity contribution in [2.24, 2.45) is 0 Å². The summed E-state index contributed by atoms with van der Waals surface area (Å²) < 4.78 is 15.4. The summed E-state index contributed by atoms with van der Waals surface area (Å²) in [7, 11) is -4.51. The fraction of sp³-hybridized carbons (Fsp3) is 1.00. The normalized spacial score (nSPS) is 12.7. The number of unbranched alkanes of at least 4 members (excludes halogenated alkanes) is 18. The highest BCUT2D eigenvalue weighted by Crippen LogP contribution is 2.38. The number of rotatable bonds is 34. The van der Waals surface area contributed by atoms with E-state index in [1.807, 2.05) is 0 Å². The van der Waals surface area contributed by atoms with Crippen molar-refractivity contribution in [2.45, 2.75) is 232 Å². The van der Waals surface area contributed by atoms with Crippen LogP contribution in [0.1, 0.15) is 196 Å². The lowest BCUT2D eigenvalue weighted by molar-refractivity contribution is 0.362. The third-order valence-electron chi connectivity index (χ3n) is 9.30. The molecule has 0 radical (unpaired) electrons. The summed E-state index contributed by atoms with van der Waals surface area (Å²) >= 11 is 0. The van der Waals surface area contributed by atoms with Gasteiger partial charge in [0.05, 0.1) is 0 Å². The van der Waals surface area contributed by atoms with E-state index < -0.39 is 26.6 Å². The SMILES string of the molecule is CCCCCC[SiH2]O[Si](CCCCCC)(CCCCCC)O[Si](CCCCCC)(CCCCCC)CCCCCC. The van der Waals surface area contributed by atoms with Crippen LogP contribution in [0.25, 0.3) is 0 Å². The highest BCUT2D eigenvalue weighted by atomic mass is 28.5. The highest BCUT2D eigenvalue weighted by molar-refractivity contribution is 6.86. The van der Waals surface area contributed by atoms with Gasteiger partial charge in [-0.15, -0.1) is 0 Å². The zero-order valence-corrected chi connectivity index (χ0v) is 33.2. The molecule has 2 nitrogen and oxygen atoms in total. The van der Waals surface area contributed by atoms with Gasteiger partial charge in [0.2, 0.25) is 0 Å². The quantitative estimate of drug-likeness (QED) is 0.0521. The van der Waals surface area contributed by atoms with Gasteiger partial charge >= 0.3 is 8.56 Å². The Morgan fingerprint density at radius 1 is 0.366 bits per heavy atom. The predicted octanol–water partition coefficient (Wildman–Crippen LogP) is 13.4. The first-order valence-electron chi connectivity index (χ1n) is 19.4. The molecular formula is C36H80O2Si3. The molecule has 0 aliphatic heterocycles. The molecular weight excluding hydrogens is 549 g/mol. The minimum absolute atomic E-state index is 0.492. The van der Waals surface area contributed by atoms with Gasteiger partial charge < -0.3 is 8.23 Å². The summed E-state index contributed by atoms with van der Waals surface area (Å²) in [6.45, 7) is 14.1. The Hall–Kier alpha value is 0.571. The van der Waals surface area contributed by atoms with Gasteiger partial charge in [-0.2, -0.15) is 0 Å². The first-order valence-corrected chi connectivity index (χ1v) is 25.7.